The summed E-state index contributed by atoms with van der Waals surface area (Å²) in [6, 6.07) is 15.6. The molecule has 3 aromatic heterocycles. The van der Waals surface area contributed by atoms with Crippen LogP contribution in [0.1, 0.15) is 38.7 Å². The minimum absolute atomic E-state index is 0.358. The van der Waals surface area contributed by atoms with Crippen LogP contribution in [0, 0.1) is 23.2 Å². The summed E-state index contributed by atoms with van der Waals surface area (Å²) in [7, 11) is 1.74. The van der Waals surface area contributed by atoms with Gasteiger partial charge in [-0.2, -0.15) is 9.64 Å². The van der Waals surface area contributed by atoms with Gasteiger partial charge in [0.05, 0.1) is 14.6 Å². The first-order valence-corrected chi connectivity index (χ1v) is 12.9. The van der Waals surface area contributed by atoms with Crippen LogP contribution in [0.3, 0.4) is 0 Å². The van der Waals surface area contributed by atoms with Crippen LogP contribution in [0.4, 0.5) is 5.69 Å². The number of fused-ring (bicyclic) bond motifs is 1. The van der Waals surface area contributed by atoms with Crippen molar-refractivity contribution in [3.8, 4) is 17.9 Å². The standard InChI is InChI=1S/C17H11N3O2S3.C8H8O2/c1-19-14-11(8-18)20-25-12(14)3-2-10-6-9-7-13(24-15(9)23-10)17(4-5-17)16(21)22;9-7-10-6-8-4-2-1-3-5-8/h6-7,19H,4-5H2,1H3,(H,21,22);1-5,7H,6H2. The number of hydrogen-bond donors (Lipinski definition) is 2. The number of ether oxygens (including phenoxy) is 1. The van der Waals surface area contributed by atoms with E-state index in [9.17, 15) is 14.7 Å². The fourth-order valence-corrected chi connectivity index (χ4v) is 6.57. The fourth-order valence-electron chi connectivity index (χ4n) is 3.33. The van der Waals surface area contributed by atoms with Gasteiger partial charge in [0, 0.05) is 17.3 Å². The number of nitrogens with one attached hydrogen (secondary N) is 1. The SMILES string of the molecule is CNc1c(C#N)nsc1C#Cc1cc2cc(C3(C(=O)O)CC3)sc2s1.O=COCc1ccccc1. The van der Waals surface area contributed by atoms with Gasteiger partial charge in [-0.1, -0.05) is 30.3 Å². The van der Waals surface area contributed by atoms with Gasteiger partial charge in [0.15, 0.2) is 5.69 Å². The van der Waals surface area contributed by atoms with E-state index < -0.39 is 11.4 Å². The van der Waals surface area contributed by atoms with Gasteiger partial charge in [-0.3, -0.25) is 9.59 Å². The molecule has 176 valence electrons. The first-order valence-electron chi connectivity index (χ1n) is 10.5. The molecule has 35 heavy (non-hydrogen) atoms. The highest BCUT2D eigenvalue weighted by Gasteiger charge is 2.53. The molecule has 0 radical (unpaired) electrons. The Balaban J connectivity index is 0.000000243. The summed E-state index contributed by atoms with van der Waals surface area (Å²) in [5.74, 6) is 5.48. The average Bonchev–Trinajstić information content (AvgIpc) is 3.24. The quantitative estimate of drug-likeness (QED) is 0.265. The second-order valence-electron chi connectivity index (χ2n) is 7.59. The molecule has 1 aliphatic rings. The van der Waals surface area contributed by atoms with Crippen LogP contribution in [0.25, 0.3) is 9.40 Å². The normalized spacial score (nSPS) is 12.9. The molecule has 1 saturated carbocycles. The molecule has 0 atom stereocenters. The van der Waals surface area contributed by atoms with Crippen molar-refractivity contribution in [1.82, 2.24) is 4.37 Å². The Morgan fingerprint density at radius 2 is 2.03 bits per heavy atom. The molecule has 0 unspecified atom stereocenters. The Morgan fingerprint density at radius 3 is 2.63 bits per heavy atom. The molecular weight excluding hydrogens is 502 g/mol. The summed E-state index contributed by atoms with van der Waals surface area (Å²) < 4.78 is 9.72. The Morgan fingerprint density at radius 1 is 1.26 bits per heavy atom. The number of carboxylic acid groups (broad SMARTS) is 1. The van der Waals surface area contributed by atoms with E-state index >= 15 is 0 Å². The Labute approximate surface area is 213 Å². The van der Waals surface area contributed by atoms with E-state index in [1.807, 2.05) is 48.5 Å². The van der Waals surface area contributed by atoms with Crippen molar-refractivity contribution >= 4 is 61.7 Å². The fraction of sp³-hybridized carbons (Fsp3) is 0.200. The van der Waals surface area contributed by atoms with Crippen LogP contribution in [0.2, 0.25) is 0 Å². The lowest BCUT2D eigenvalue weighted by molar-refractivity contribution is -0.140. The number of thiophene rings is 2. The van der Waals surface area contributed by atoms with E-state index in [0.29, 0.717) is 24.5 Å². The molecule has 0 bridgehead atoms. The number of aromatic nitrogens is 1. The molecule has 1 aliphatic carbocycles. The molecule has 0 aliphatic heterocycles. The van der Waals surface area contributed by atoms with Crippen molar-refractivity contribution in [2.75, 3.05) is 12.4 Å². The van der Waals surface area contributed by atoms with E-state index in [2.05, 4.69) is 26.3 Å². The third kappa shape index (κ3) is 5.36. The first kappa shape index (κ1) is 24.4. The van der Waals surface area contributed by atoms with Gasteiger partial charge in [-0.15, -0.1) is 22.7 Å². The number of nitrogens with zero attached hydrogens (tertiary/aromatic N) is 2. The minimum atomic E-state index is -0.723. The second kappa shape index (κ2) is 10.7. The zero-order chi connectivity index (χ0) is 24.8. The predicted octanol–water partition coefficient (Wildman–Crippen LogP) is 5.21. The van der Waals surface area contributed by atoms with Crippen molar-refractivity contribution in [2.24, 2.45) is 0 Å². The molecule has 0 amide bonds. The minimum Gasteiger partial charge on any atom is -0.481 e. The van der Waals surface area contributed by atoms with E-state index in [1.54, 1.807) is 29.7 Å². The van der Waals surface area contributed by atoms with Gasteiger partial charge < -0.3 is 15.2 Å². The number of rotatable bonds is 6. The number of carboxylic acids is 1. The molecule has 3 heterocycles. The van der Waals surface area contributed by atoms with Crippen LogP contribution < -0.4 is 5.32 Å². The van der Waals surface area contributed by atoms with Crippen LogP contribution in [-0.4, -0.2) is 29.0 Å². The topological polar surface area (TPSA) is 112 Å². The Bertz CT molecular complexity index is 1430. The highest BCUT2D eigenvalue weighted by atomic mass is 32.2. The van der Waals surface area contributed by atoms with Crippen LogP contribution in [0.15, 0.2) is 42.5 Å². The van der Waals surface area contributed by atoms with Crippen molar-refractivity contribution in [1.29, 1.82) is 5.26 Å². The number of nitriles is 1. The number of carbonyl (C=O) groups excluding carboxylic acids is 1. The zero-order valence-corrected chi connectivity index (χ0v) is 21.0. The summed E-state index contributed by atoms with van der Waals surface area (Å²) >= 11 is 4.33. The zero-order valence-electron chi connectivity index (χ0n) is 18.5. The molecule has 0 saturated heterocycles. The summed E-state index contributed by atoms with van der Waals surface area (Å²) in [5, 5.41) is 22.5. The lowest BCUT2D eigenvalue weighted by atomic mass is 10.1. The average molecular weight is 522 g/mol. The number of carbonyl (C=O) groups is 2. The summed E-state index contributed by atoms with van der Waals surface area (Å²) in [4.78, 5) is 23.8. The van der Waals surface area contributed by atoms with E-state index in [-0.39, 0.29) is 0 Å². The van der Waals surface area contributed by atoms with E-state index in [1.165, 1.54) is 11.5 Å². The van der Waals surface area contributed by atoms with Crippen molar-refractivity contribution in [3.63, 3.8) is 0 Å². The molecule has 1 fully saturated rings. The predicted molar refractivity (Wildman–Crippen MR) is 138 cm³/mol. The van der Waals surface area contributed by atoms with E-state index in [0.717, 1.165) is 42.4 Å². The Kier molecular flexibility index (Phi) is 7.47. The van der Waals surface area contributed by atoms with Crippen molar-refractivity contribution in [2.45, 2.75) is 24.9 Å². The number of aliphatic carboxylic acids is 1. The maximum atomic E-state index is 11.5. The molecule has 5 rings (SSSR count). The van der Waals surface area contributed by atoms with Crippen LogP contribution in [-0.2, 0) is 26.3 Å². The highest BCUT2D eigenvalue weighted by molar-refractivity contribution is 7.38. The molecule has 0 spiro atoms. The van der Waals surface area contributed by atoms with Crippen molar-refractivity contribution < 1.29 is 19.4 Å². The summed E-state index contributed by atoms with van der Waals surface area (Å²) in [5.41, 5.74) is 1.39. The van der Waals surface area contributed by atoms with Gasteiger partial charge in [0.25, 0.3) is 6.47 Å². The molecular formula is C25H19N3O4S3. The monoisotopic (exact) mass is 521 g/mol. The lowest BCUT2D eigenvalue weighted by Crippen LogP contribution is -2.17. The number of benzene rings is 1. The highest BCUT2D eigenvalue weighted by Crippen LogP contribution is 2.52. The van der Waals surface area contributed by atoms with Gasteiger partial charge in [-0.05, 0) is 53.9 Å². The van der Waals surface area contributed by atoms with Crippen LogP contribution >= 0.6 is 34.2 Å². The first-order chi connectivity index (χ1) is 17.0. The Hall–Kier alpha value is -3.70. The van der Waals surface area contributed by atoms with Gasteiger partial charge in [0.2, 0.25) is 0 Å². The lowest BCUT2D eigenvalue weighted by Gasteiger charge is -2.04. The second-order valence-corrected chi connectivity index (χ2v) is 10.7. The third-order valence-electron chi connectivity index (χ3n) is 5.35. The molecule has 2 N–H and O–H groups in total. The van der Waals surface area contributed by atoms with Gasteiger partial charge >= 0.3 is 5.97 Å². The largest absolute Gasteiger partial charge is 0.481 e. The summed E-state index contributed by atoms with van der Waals surface area (Å²) in [6.07, 6.45) is 1.45. The maximum absolute atomic E-state index is 11.5. The smallest absolute Gasteiger partial charge is 0.314 e. The molecule has 10 heteroatoms. The summed E-state index contributed by atoms with van der Waals surface area (Å²) in [6.45, 7) is 0.817. The van der Waals surface area contributed by atoms with Crippen molar-refractivity contribution in [3.05, 3.63) is 68.4 Å². The molecule has 4 aromatic rings. The van der Waals surface area contributed by atoms with Crippen LogP contribution in [0.5, 0.6) is 0 Å². The van der Waals surface area contributed by atoms with Gasteiger partial charge in [0.1, 0.15) is 23.0 Å². The van der Waals surface area contributed by atoms with E-state index in [4.69, 9.17) is 5.26 Å². The number of hydrogen-bond acceptors (Lipinski definition) is 9. The maximum Gasteiger partial charge on any atom is 0.314 e. The number of anilines is 1. The molecule has 7 nitrogen and oxygen atoms in total. The molecule has 1 aromatic carbocycles. The van der Waals surface area contributed by atoms with Gasteiger partial charge in [-0.25, -0.2) is 0 Å². The third-order valence-corrected chi connectivity index (χ3v) is 8.63.